The van der Waals surface area contributed by atoms with Crippen LogP contribution in [-0.2, 0) is 41.7 Å². The Morgan fingerprint density at radius 2 is 1.54 bits per heavy atom. The SMILES string of the molecule is CC.CCCCCCCOCCOCCOCCOc1cc(-c2scnc2C)ccc1CNC(=O)C1CCCC1C(=O)C(C(C)C)N(C=O)Cc1ccccc1C. The number of hydrogen-bond donors (Lipinski definition) is 1. The van der Waals surface area contributed by atoms with Crippen LogP contribution in [0.2, 0.25) is 0 Å². The summed E-state index contributed by atoms with van der Waals surface area (Å²) >= 11 is 1.57. The van der Waals surface area contributed by atoms with Crippen molar-refractivity contribution in [1.82, 2.24) is 15.2 Å². The first kappa shape index (κ1) is 47.7. The van der Waals surface area contributed by atoms with E-state index in [9.17, 15) is 14.4 Å². The molecule has 0 spiro atoms. The third kappa shape index (κ3) is 15.6. The second kappa shape index (κ2) is 27.1. The Balaban J connectivity index is 0.00000428. The van der Waals surface area contributed by atoms with Crippen molar-refractivity contribution in [3.63, 3.8) is 0 Å². The molecule has 2 amide bonds. The number of ether oxygens (including phenoxy) is 4. The number of carbonyl (C=O) groups is 3. The van der Waals surface area contributed by atoms with Crippen LogP contribution in [0.15, 0.2) is 48.0 Å². The fourth-order valence-corrected chi connectivity index (χ4v) is 8.13. The highest BCUT2D eigenvalue weighted by Gasteiger charge is 2.42. The van der Waals surface area contributed by atoms with E-state index in [1.165, 1.54) is 25.7 Å². The van der Waals surface area contributed by atoms with Gasteiger partial charge in [-0.1, -0.05) is 103 Å². The maximum Gasteiger partial charge on any atom is 0.224 e. The van der Waals surface area contributed by atoms with Gasteiger partial charge in [-0.15, -0.1) is 11.3 Å². The van der Waals surface area contributed by atoms with Gasteiger partial charge in [-0.3, -0.25) is 14.4 Å². The Hall–Kier alpha value is -3.64. The second-order valence-electron chi connectivity index (χ2n) is 14.8. The molecule has 11 heteroatoms. The van der Waals surface area contributed by atoms with Gasteiger partial charge in [-0.2, -0.15) is 0 Å². The molecular weight excluding hydrogens is 739 g/mol. The topological polar surface area (TPSA) is 116 Å². The number of carbonyl (C=O) groups excluding carboxylic acids is 3. The highest BCUT2D eigenvalue weighted by molar-refractivity contribution is 7.13. The lowest BCUT2D eigenvalue weighted by Crippen LogP contribution is -2.48. The van der Waals surface area contributed by atoms with Crippen LogP contribution < -0.4 is 10.1 Å². The van der Waals surface area contributed by atoms with E-state index in [1.807, 2.05) is 89.5 Å². The van der Waals surface area contributed by atoms with Crippen molar-refractivity contribution in [3.8, 4) is 16.2 Å². The summed E-state index contributed by atoms with van der Waals surface area (Å²) in [6.45, 7) is 18.3. The summed E-state index contributed by atoms with van der Waals surface area (Å²) in [5, 5.41) is 3.12. The first-order valence-corrected chi connectivity index (χ1v) is 22.1. The molecule has 3 atom stereocenters. The van der Waals surface area contributed by atoms with Crippen molar-refractivity contribution in [1.29, 1.82) is 0 Å². The quantitative estimate of drug-likeness (QED) is 0.0599. The van der Waals surface area contributed by atoms with Gasteiger partial charge in [0.2, 0.25) is 12.3 Å². The second-order valence-corrected chi connectivity index (χ2v) is 15.7. The van der Waals surface area contributed by atoms with Gasteiger partial charge in [0.15, 0.2) is 5.78 Å². The normalized spacial score (nSPS) is 15.5. The molecule has 1 aromatic heterocycles. The number of benzene rings is 2. The molecule has 0 aliphatic heterocycles. The van der Waals surface area contributed by atoms with Crippen LogP contribution in [0.5, 0.6) is 5.75 Å². The highest BCUT2D eigenvalue weighted by atomic mass is 32.1. The summed E-state index contributed by atoms with van der Waals surface area (Å²) in [6.07, 6.45) is 8.96. The van der Waals surface area contributed by atoms with Crippen LogP contribution in [0.3, 0.4) is 0 Å². The molecule has 1 fully saturated rings. The van der Waals surface area contributed by atoms with Gasteiger partial charge >= 0.3 is 0 Å². The minimum atomic E-state index is -0.615. The lowest BCUT2D eigenvalue weighted by Gasteiger charge is -2.33. The van der Waals surface area contributed by atoms with Crippen molar-refractivity contribution in [2.45, 2.75) is 119 Å². The van der Waals surface area contributed by atoms with E-state index < -0.39 is 17.9 Å². The number of rotatable bonds is 27. The number of nitrogens with one attached hydrogen (secondary N) is 1. The van der Waals surface area contributed by atoms with Crippen LogP contribution in [0.1, 0.15) is 108 Å². The molecule has 0 saturated heterocycles. The predicted octanol–water partition coefficient (Wildman–Crippen LogP) is 9.14. The molecule has 3 unspecified atom stereocenters. The smallest absolute Gasteiger partial charge is 0.224 e. The summed E-state index contributed by atoms with van der Waals surface area (Å²) in [7, 11) is 0. The van der Waals surface area contributed by atoms with Crippen molar-refractivity contribution in [2.24, 2.45) is 17.8 Å². The zero-order valence-corrected chi connectivity index (χ0v) is 36.5. The Bertz CT molecular complexity index is 1610. The summed E-state index contributed by atoms with van der Waals surface area (Å²) in [5.74, 6) is -0.529. The van der Waals surface area contributed by atoms with Crippen molar-refractivity contribution in [3.05, 3.63) is 70.4 Å². The average molecular weight is 808 g/mol. The molecule has 1 N–H and O–H groups in total. The molecule has 0 radical (unpaired) electrons. The average Bonchev–Trinajstić information content (AvgIpc) is 3.89. The monoisotopic (exact) mass is 807 g/mol. The van der Waals surface area contributed by atoms with E-state index >= 15 is 0 Å². The number of aryl methyl sites for hydroxylation is 2. The van der Waals surface area contributed by atoms with Gasteiger partial charge in [0.1, 0.15) is 12.4 Å². The molecule has 0 bridgehead atoms. The largest absolute Gasteiger partial charge is 0.491 e. The first-order chi connectivity index (χ1) is 27.7. The number of aromatic nitrogens is 1. The third-order valence-electron chi connectivity index (χ3n) is 10.4. The van der Waals surface area contributed by atoms with Crippen molar-refractivity contribution >= 4 is 29.4 Å². The molecule has 1 saturated carbocycles. The highest BCUT2D eigenvalue weighted by Crippen LogP contribution is 2.36. The Morgan fingerprint density at radius 3 is 2.19 bits per heavy atom. The minimum Gasteiger partial charge on any atom is -0.491 e. The molecule has 57 heavy (non-hydrogen) atoms. The molecule has 4 rings (SSSR count). The van der Waals surface area contributed by atoms with Crippen LogP contribution in [0, 0.1) is 31.6 Å². The predicted molar refractivity (Wildman–Crippen MR) is 229 cm³/mol. The van der Waals surface area contributed by atoms with Crippen LogP contribution in [0.25, 0.3) is 10.4 Å². The van der Waals surface area contributed by atoms with Gasteiger partial charge in [-0.05, 0) is 61.8 Å². The van der Waals surface area contributed by atoms with Gasteiger partial charge in [0.05, 0.1) is 55.2 Å². The molecule has 2 aromatic carbocycles. The van der Waals surface area contributed by atoms with E-state index in [2.05, 4.69) is 17.2 Å². The van der Waals surface area contributed by atoms with Crippen LogP contribution in [-0.4, -0.2) is 80.3 Å². The Labute approximate surface area is 346 Å². The lowest BCUT2D eigenvalue weighted by atomic mass is 9.83. The fraction of sp³-hybridized carbons (Fsp3) is 0.609. The van der Waals surface area contributed by atoms with E-state index in [1.54, 1.807) is 16.2 Å². The summed E-state index contributed by atoms with van der Waals surface area (Å²) in [4.78, 5) is 47.4. The maximum absolute atomic E-state index is 14.2. The van der Waals surface area contributed by atoms with Crippen molar-refractivity contribution < 1.29 is 33.3 Å². The Morgan fingerprint density at radius 1 is 0.877 bits per heavy atom. The van der Waals surface area contributed by atoms with Gasteiger partial charge in [-0.25, -0.2) is 4.98 Å². The zero-order chi connectivity index (χ0) is 41.4. The molecule has 316 valence electrons. The molecule has 10 nitrogen and oxygen atoms in total. The molecular formula is C46H69N3O7S. The van der Waals surface area contributed by atoms with Crippen molar-refractivity contribution in [2.75, 3.05) is 46.2 Å². The maximum atomic E-state index is 14.2. The van der Waals surface area contributed by atoms with E-state index in [4.69, 9.17) is 18.9 Å². The number of thiazole rings is 1. The van der Waals surface area contributed by atoms with Crippen LogP contribution >= 0.6 is 11.3 Å². The summed E-state index contributed by atoms with van der Waals surface area (Å²) < 4.78 is 23.3. The molecule has 3 aromatic rings. The third-order valence-corrected chi connectivity index (χ3v) is 11.4. The standard InChI is InChI=1S/C44H63N3O7S.C2H6/c1-6-7-8-9-12-20-51-21-22-52-23-24-53-25-26-54-40-27-35(43-34(5)46-30-55-43)18-19-36(40)28-45-44(50)39-17-13-16-38(39)42(49)41(32(2)3)47(31-48)29-37-15-11-10-14-33(37)4;1-2/h10-11,14-15,18-19,27,30-32,38-39,41H,6-9,12-13,16-17,20-26,28-29H2,1-5H3,(H,45,50);1-2H3. The zero-order valence-electron chi connectivity index (χ0n) is 35.7. The first-order valence-electron chi connectivity index (χ1n) is 21.2. The number of ketones is 1. The van der Waals surface area contributed by atoms with E-state index in [-0.39, 0.29) is 24.2 Å². The fourth-order valence-electron chi connectivity index (χ4n) is 7.32. The van der Waals surface area contributed by atoms with Gasteiger partial charge < -0.3 is 29.2 Å². The van der Waals surface area contributed by atoms with E-state index in [0.717, 1.165) is 58.7 Å². The molecule has 1 aliphatic carbocycles. The number of Topliss-reactive ketones (excluding diaryl/α,β-unsaturated/α-hetero) is 1. The number of hydrogen-bond acceptors (Lipinski definition) is 9. The minimum absolute atomic E-state index is 0.0338. The van der Waals surface area contributed by atoms with Gasteiger partial charge in [0.25, 0.3) is 0 Å². The number of unbranched alkanes of at least 4 members (excludes halogenated alkanes) is 4. The van der Waals surface area contributed by atoms with E-state index in [0.29, 0.717) is 64.8 Å². The van der Waals surface area contributed by atoms with Gasteiger partial charge in [0, 0.05) is 37.1 Å². The molecule has 1 heterocycles. The van der Waals surface area contributed by atoms with Crippen LogP contribution in [0.4, 0.5) is 0 Å². The summed E-state index contributed by atoms with van der Waals surface area (Å²) in [5.41, 5.74) is 6.67. The number of nitrogens with zero attached hydrogens (tertiary/aromatic N) is 2. The summed E-state index contributed by atoms with van der Waals surface area (Å²) in [6, 6.07) is 13.3. The molecule has 1 aliphatic rings. The number of amides is 2. The Kier molecular flexibility index (Phi) is 22.7. The lowest BCUT2D eigenvalue weighted by molar-refractivity contribution is -0.140.